The van der Waals surface area contributed by atoms with E-state index in [0.29, 0.717) is 17.9 Å². The van der Waals surface area contributed by atoms with Crippen molar-refractivity contribution < 1.29 is 14.0 Å². The maximum atomic E-state index is 12.3. The van der Waals surface area contributed by atoms with Crippen LogP contribution in [0, 0.1) is 12.8 Å². The summed E-state index contributed by atoms with van der Waals surface area (Å²) in [5, 5.41) is 5.60. The Bertz CT molecular complexity index is 663. The van der Waals surface area contributed by atoms with Gasteiger partial charge in [0.2, 0.25) is 5.91 Å². The van der Waals surface area contributed by atoms with Crippen LogP contribution >= 0.6 is 0 Å². The lowest BCUT2D eigenvalue weighted by molar-refractivity contribution is -0.124. The highest BCUT2D eigenvalue weighted by molar-refractivity contribution is 5.97. The highest BCUT2D eigenvalue weighted by Crippen LogP contribution is 2.08. The number of benzene rings is 1. The number of nitrogens with one attached hydrogen (secondary N) is 2. The Morgan fingerprint density at radius 3 is 2.57 bits per heavy atom. The van der Waals surface area contributed by atoms with Gasteiger partial charge in [0, 0.05) is 5.56 Å². The molecule has 0 aliphatic rings. The molecule has 0 fully saturated rings. The van der Waals surface area contributed by atoms with Crippen LogP contribution < -0.4 is 10.6 Å². The van der Waals surface area contributed by atoms with E-state index in [1.165, 1.54) is 0 Å². The quantitative estimate of drug-likeness (QED) is 0.861. The molecule has 2 rings (SSSR count). The molecule has 2 amide bonds. The number of furan rings is 1. The van der Waals surface area contributed by atoms with Crippen LogP contribution in [0.15, 0.2) is 47.1 Å². The minimum atomic E-state index is -0.599. The number of hydrogen-bond donors (Lipinski definition) is 2. The Labute approximate surface area is 136 Å². The zero-order valence-corrected chi connectivity index (χ0v) is 13.6. The molecule has 0 saturated heterocycles. The summed E-state index contributed by atoms with van der Waals surface area (Å²) < 4.78 is 5.19. The lowest BCUT2D eigenvalue weighted by atomic mass is 10.0. The van der Waals surface area contributed by atoms with Crippen molar-refractivity contribution in [2.45, 2.75) is 33.4 Å². The summed E-state index contributed by atoms with van der Waals surface area (Å²) in [6, 6.07) is 10.2. The number of hydrogen-bond acceptors (Lipinski definition) is 3. The van der Waals surface area contributed by atoms with E-state index >= 15 is 0 Å². The predicted octanol–water partition coefficient (Wildman–Crippen LogP) is 2.66. The molecule has 1 aromatic carbocycles. The molecule has 5 heteroatoms. The Hall–Kier alpha value is -2.56. The lowest BCUT2D eigenvalue weighted by Crippen LogP contribution is -2.49. The first-order chi connectivity index (χ1) is 11.0. The van der Waals surface area contributed by atoms with Crippen molar-refractivity contribution in [3.05, 3.63) is 59.5 Å². The van der Waals surface area contributed by atoms with Gasteiger partial charge in [0.15, 0.2) is 0 Å². The van der Waals surface area contributed by atoms with Gasteiger partial charge in [0.25, 0.3) is 5.91 Å². The maximum Gasteiger partial charge on any atom is 0.251 e. The van der Waals surface area contributed by atoms with E-state index < -0.39 is 6.04 Å². The van der Waals surface area contributed by atoms with Crippen molar-refractivity contribution in [3.63, 3.8) is 0 Å². The largest absolute Gasteiger partial charge is 0.467 e. The van der Waals surface area contributed by atoms with Crippen LogP contribution in [0.4, 0.5) is 0 Å². The molecule has 0 aliphatic carbocycles. The van der Waals surface area contributed by atoms with Crippen molar-refractivity contribution >= 4 is 11.8 Å². The summed E-state index contributed by atoms with van der Waals surface area (Å²) in [6.07, 6.45) is 1.56. The molecule has 1 atom stereocenters. The fourth-order valence-electron chi connectivity index (χ4n) is 2.24. The summed E-state index contributed by atoms with van der Waals surface area (Å²) in [5.74, 6) is 0.171. The van der Waals surface area contributed by atoms with Gasteiger partial charge in [0.1, 0.15) is 11.8 Å². The van der Waals surface area contributed by atoms with Crippen molar-refractivity contribution in [2.75, 3.05) is 0 Å². The summed E-state index contributed by atoms with van der Waals surface area (Å²) in [6.45, 7) is 6.02. The number of carbonyl (C=O) groups is 2. The number of aryl methyl sites for hydroxylation is 1. The minimum absolute atomic E-state index is 0.0274. The second-order valence-corrected chi connectivity index (χ2v) is 5.86. The highest BCUT2D eigenvalue weighted by Gasteiger charge is 2.24. The molecule has 0 aliphatic heterocycles. The van der Waals surface area contributed by atoms with E-state index in [1.54, 1.807) is 30.5 Å². The van der Waals surface area contributed by atoms with E-state index in [1.807, 2.05) is 32.9 Å². The normalized spacial score (nSPS) is 12.0. The summed E-state index contributed by atoms with van der Waals surface area (Å²) >= 11 is 0. The van der Waals surface area contributed by atoms with Crippen molar-refractivity contribution in [3.8, 4) is 0 Å². The average Bonchev–Trinajstić information content (AvgIpc) is 3.03. The fourth-order valence-corrected chi connectivity index (χ4v) is 2.24. The fraction of sp³-hybridized carbons (Fsp3) is 0.333. The second-order valence-electron chi connectivity index (χ2n) is 5.86. The SMILES string of the molecule is Cc1cccc(C(=O)N[C@@H](C(=O)NCc2ccco2)C(C)C)c1. The monoisotopic (exact) mass is 314 g/mol. The van der Waals surface area contributed by atoms with Gasteiger partial charge in [-0.05, 0) is 37.1 Å². The van der Waals surface area contributed by atoms with Gasteiger partial charge < -0.3 is 15.1 Å². The van der Waals surface area contributed by atoms with Crippen molar-refractivity contribution in [1.82, 2.24) is 10.6 Å². The van der Waals surface area contributed by atoms with Crippen molar-refractivity contribution in [1.29, 1.82) is 0 Å². The maximum absolute atomic E-state index is 12.3. The van der Waals surface area contributed by atoms with Gasteiger partial charge in [-0.15, -0.1) is 0 Å². The van der Waals surface area contributed by atoms with Crippen LogP contribution in [-0.4, -0.2) is 17.9 Å². The topological polar surface area (TPSA) is 71.3 Å². The number of carbonyl (C=O) groups excluding carboxylic acids is 2. The molecule has 1 heterocycles. The molecule has 1 aromatic heterocycles. The first-order valence-corrected chi connectivity index (χ1v) is 7.65. The van der Waals surface area contributed by atoms with Gasteiger partial charge in [-0.2, -0.15) is 0 Å². The van der Waals surface area contributed by atoms with Crippen molar-refractivity contribution in [2.24, 2.45) is 5.92 Å². The van der Waals surface area contributed by atoms with E-state index in [9.17, 15) is 9.59 Å². The van der Waals surface area contributed by atoms with E-state index in [0.717, 1.165) is 5.56 Å². The van der Waals surface area contributed by atoms with Crippen LogP contribution in [0.25, 0.3) is 0 Å². The molecular formula is C18H22N2O3. The van der Waals surface area contributed by atoms with Crippen LogP contribution in [0.5, 0.6) is 0 Å². The van der Waals surface area contributed by atoms with Gasteiger partial charge in [-0.3, -0.25) is 9.59 Å². The summed E-state index contributed by atoms with van der Waals surface area (Å²) in [5.41, 5.74) is 1.55. The molecule has 0 unspecified atom stereocenters. The van der Waals surface area contributed by atoms with Gasteiger partial charge in [-0.1, -0.05) is 31.5 Å². The van der Waals surface area contributed by atoms with E-state index in [2.05, 4.69) is 10.6 Å². The summed E-state index contributed by atoms with van der Waals surface area (Å²) in [4.78, 5) is 24.7. The zero-order valence-electron chi connectivity index (χ0n) is 13.6. The zero-order chi connectivity index (χ0) is 16.8. The van der Waals surface area contributed by atoms with Crippen LogP contribution in [0.3, 0.4) is 0 Å². The number of rotatable bonds is 6. The van der Waals surface area contributed by atoms with Crippen LogP contribution in [-0.2, 0) is 11.3 Å². The minimum Gasteiger partial charge on any atom is -0.467 e. The van der Waals surface area contributed by atoms with Crippen LogP contribution in [0.2, 0.25) is 0 Å². The first kappa shape index (κ1) is 16.8. The Morgan fingerprint density at radius 2 is 1.96 bits per heavy atom. The van der Waals surface area contributed by atoms with Gasteiger partial charge in [-0.25, -0.2) is 0 Å². The van der Waals surface area contributed by atoms with Gasteiger partial charge in [0.05, 0.1) is 12.8 Å². The lowest BCUT2D eigenvalue weighted by Gasteiger charge is -2.21. The summed E-state index contributed by atoms with van der Waals surface area (Å²) in [7, 11) is 0. The molecule has 0 spiro atoms. The Kier molecular flexibility index (Phi) is 5.57. The molecule has 0 bridgehead atoms. The molecular weight excluding hydrogens is 292 g/mol. The van der Waals surface area contributed by atoms with E-state index in [-0.39, 0.29) is 17.7 Å². The highest BCUT2D eigenvalue weighted by atomic mass is 16.3. The molecule has 5 nitrogen and oxygen atoms in total. The molecule has 23 heavy (non-hydrogen) atoms. The second kappa shape index (κ2) is 7.63. The third kappa shape index (κ3) is 4.71. The predicted molar refractivity (Wildman–Crippen MR) is 87.8 cm³/mol. The molecule has 0 saturated carbocycles. The average molecular weight is 314 g/mol. The molecule has 122 valence electrons. The van der Waals surface area contributed by atoms with Crippen LogP contribution in [0.1, 0.15) is 35.5 Å². The first-order valence-electron chi connectivity index (χ1n) is 7.65. The Morgan fingerprint density at radius 1 is 1.17 bits per heavy atom. The molecule has 2 aromatic rings. The smallest absolute Gasteiger partial charge is 0.251 e. The number of amides is 2. The molecule has 2 N–H and O–H groups in total. The molecule has 0 radical (unpaired) electrons. The van der Waals surface area contributed by atoms with E-state index in [4.69, 9.17) is 4.42 Å². The Balaban J connectivity index is 2.00. The third-order valence-electron chi connectivity index (χ3n) is 3.53. The third-order valence-corrected chi connectivity index (χ3v) is 3.53. The van der Waals surface area contributed by atoms with Gasteiger partial charge >= 0.3 is 0 Å². The standard InChI is InChI=1S/C18H22N2O3/c1-12(2)16(18(22)19-11-15-8-5-9-23-15)20-17(21)14-7-4-6-13(3)10-14/h4-10,12,16H,11H2,1-3H3,(H,19,22)(H,20,21)/t16-/m1/s1.